The molecule has 2 rings (SSSR count). The van der Waals surface area contributed by atoms with Gasteiger partial charge in [-0.05, 0) is 44.9 Å². The molecular formula is C14H21ClF3NO. The summed E-state index contributed by atoms with van der Waals surface area (Å²) in [6.07, 6.45) is -0.113. The van der Waals surface area contributed by atoms with E-state index in [9.17, 15) is 18.0 Å². The first-order valence-electron chi connectivity index (χ1n) is 7.36. The summed E-state index contributed by atoms with van der Waals surface area (Å²) in [5.41, 5.74) is 0. The summed E-state index contributed by atoms with van der Waals surface area (Å²) in [7, 11) is 0. The van der Waals surface area contributed by atoms with Crippen molar-refractivity contribution in [2.24, 2.45) is 11.8 Å². The topological polar surface area (TPSA) is 20.3 Å². The number of halogens is 4. The van der Waals surface area contributed by atoms with Gasteiger partial charge < -0.3 is 4.90 Å². The van der Waals surface area contributed by atoms with Crippen LogP contribution in [0.15, 0.2) is 0 Å². The molecule has 0 aromatic carbocycles. The highest BCUT2D eigenvalue weighted by atomic mass is 35.5. The minimum absolute atomic E-state index is 0.0241. The molecule has 0 bridgehead atoms. The van der Waals surface area contributed by atoms with E-state index in [0.717, 1.165) is 19.3 Å². The van der Waals surface area contributed by atoms with Gasteiger partial charge in [-0.3, -0.25) is 4.79 Å². The summed E-state index contributed by atoms with van der Waals surface area (Å²) in [5, 5.41) is 0. The zero-order valence-corrected chi connectivity index (χ0v) is 12.2. The zero-order chi connectivity index (χ0) is 14.8. The summed E-state index contributed by atoms with van der Waals surface area (Å²) < 4.78 is 37.9. The lowest BCUT2D eigenvalue weighted by atomic mass is 9.80. The van der Waals surface area contributed by atoms with Gasteiger partial charge in [-0.1, -0.05) is 0 Å². The van der Waals surface area contributed by atoms with Crippen molar-refractivity contribution in [2.75, 3.05) is 12.4 Å². The van der Waals surface area contributed by atoms with Crippen LogP contribution in [0, 0.1) is 11.8 Å². The number of carbonyl (C=O) groups excluding carboxylic acids is 1. The first kappa shape index (κ1) is 15.9. The summed E-state index contributed by atoms with van der Waals surface area (Å²) in [5.74, 6) is -1.05. The molecule has 2 aliphatic rings. The number of hydrogen-bond donors (Lipinski definition) is 0. The van der Waals surface area contributed by atoms with E-state index in [2.05, 4.69) is 0 Å². The average Bonchev–Trinajstić information content (AvgIpc) is 2.34. The molecule has 6 heteroatoms. The Bertz CT molecular complexity index is 336. The molecule has 0 heterocycles. The van der Waals surface area contributed by atoms with Crippen molar-refractivity contribution in [3.63, 3.8) is 0 Å². The largest absolute Gasteiger partial charge is 0.391 e. The van der Waals surface area contributed by atoms with Gasteiger partial charge in [-0.15, -0.1) is 11.6 Å². The number of carbonyl (C=O) groups is 1. The smallest absolute Gasteiger partial charge is 0.338 e. The molecule has 0 aromatic rings. The molecule has 0 aliphatic heterocycles. The van der Waals surface area contributed by atoms with Gasteiger partial charge in [-0.25, -0.2) is 0 Å². The van der Waals surface area contributed by atoms with Crippen LogP contribution in [0.2, 0.25) is 0 Å². The Morgan fingerprint density at radius 1 is 1.10 bits per heavy atom. The summed E-state index contributed by atoms with van der Waals surface area (Å²) in [6.45, 7) is 0.518. The Kier molecular flexibility index (Phi) is 5.21. The summed E-state index contributed by atoms with van der Waals surface area (Å²) in [4.78, 5) is 14.3. The Hall–Kier alpha value is -0.450. The second kappa shape index (κ2) is 6.54. The quantitative estimate of drug-likeness (QED) is 0.719. The molecule has 2 aliphatic carbocycles. The first-order valence-corrected chi connectivity index (χ1v) is 7.90. The van der Waals surface area contributed by atoms with Crippen molar-refractivity contribution in [1.82, 2.24) is 4.90 Å². The fourth-order valence-corrected chi connectivity index (χ4v) is 3.35. The summed E-state index contributed by atoms with van der Waals surface area (Å²) in [6, 6.07) is 0.265. The molecule has 0 N–H and O–H groups in total. The van der Waals surface area contributed by atoms with Gasteiger partial charge in [0.15, 0.2) is 0 Å². The number of amides is 1. The lowest BCUT2D eigenvalue weighted by Crippen LogP contribution is -2.48. The van der Waals surface area contributed by atoms with Gasteiger partial charge in [0.2, 0.25) is 5.91 Å². The second-order valence-corrected chi connectivity index (χ2v) is 6.27. The van der Waals surface area contributed by atoms with Crippen molar-refractivity contribution in [3.8, 4) is 0 Å². The molecule has 20 heavy (non-hydrogen) atoms. The van der Waals surface area contributed by atoms with Crippen LogP contribution >= 0.6 is 11.6 Å². The Morgan fingerprint density at radius 3 is 2.10 bits per heavy atom. The van der Waals surface area contributed by atoms with E-state index in [1.807, 2.05) is 4.90 Å². The molecule has 2 fully saturated rings. The minimum Gasteiger partial charge on any atom is -0.338 e. The van der Waals surface area contributed by atoms with Crippen molar-refractivity contribution in [3.05, 3.63) is 0 Å². The Balaban J connectivity index is 1.89. The van der Waals surface area contributed by atoms with Gasteiger partial charge in [0.1, 0.15) is 0 Å². The van der Waals surface area contributed by atoms with E-state index >= 15 is 0 Å². The maximum Gasteiger partial charge on any atom is 0.391 e. The maximum absolute atomic E-state index is 12.6. The molecule has 1 amide bonds. The van der Waals surface area contributed by atoms with E-state index in [1.54, 1.807) is 0 Å². The van der Waals surface area contributed by atoms with Crippen molar-refractivity contribution < 1.29 is 18.0 Å². The second-order valence-electron chi connectivity index (χ2n) is 5.90. The van der Waals surface area contributed by atoms with Crippen LogP contribution in [-0.4, -0.2) is 35.4 Å². The van der Waals surface area contributed by atoms with Crippen LogP contribution in [0.25, 0.3) is 0 Å². The van der Waals surface area contributed by atoms with Gasteiger partial charge in [0, 0.05) is 24.4 Å². The van der Waals surface area contributed by atoms with Crippen molar-refractivity contribution in [1.29, 1.82) is 0 Å². The van der Waals surface area contributed by atoms with Crippen LogP contribution in [0.1, 0.15) is 44.9 Å². The molecule has 0 unspecified atom stereocenters. The van der Waals surface area contributed by atoms with Crippen LogP contribution in [0.5, 0.6) is 0 Å². The van der Waals surface area contributed by atoms with E-state index in [1.165, 1.54) is 0 Å². The lowest BCUT2D eigenvalue weighted by molar-refractivity contribution is -0.185. The molecule has 0 atom stereocenters. The normalized spacial score (nSPS) is 28.0. The molecule has 0 spiro atoms. The maximum atomic E-state index is 12.6. The zero-order valence-electron chi connectivity index (χ0n) is 11.5. The molecule has 2 saturated carbocycles. The fourth-order valence-electron chi connectivity index (χ4n) is 3.16. The first-order chi connectivity index (χ1) is 9.43. The fraction of sp³-hybridized carbons (Fsp3) is 0.929. The van der Waals surface area contributed by atoms with Crippen LogP contribution < -0.4 is 0 Å². The standard InChI is InChI=1S/C14H21ClF3NO/c15-8-9-19(12-2-1-3-12)13(20)10-4-6-11(7-5-10)14(16,17)18/h10-12H,1-9H2. The molecule has 0 radical (unpaired) electrons. The Labute approximate surface area is 122 Å². The highest BCUT2D eigenvalue weighted by molar-refractivity contribution is 6.18. The number of hydrogen-bond acceptors (Lipinski definition) is 1. The Morgan fingerprint density at radius 2 is 1.70 bits per heavy atom. The number of nitrogens with zero attached hydrogens (tertiary/aromatic N) is 1. The van der Waals surface area contributed by atoms with Crippen LogP contribution in [0.3, 0.4) is 0 Å². The molecule has 116 valence electrons. The van der Waals surface area contributed by atoms with Crippen molar-refractivity contribution >= 4 is 17.5 Å². The lowest BCUT2D eigenvalue weighted by Gasteiger charge is -2.40. The molecule has 2 nitrogen and oxygen atoms in total. The van der Waals surface area contributed by atoms with Gasteiger partial charge >= 0.3 is 6.18 Å². The molecular weight excluding hydrogens is 291 g/mol. The third kappa shape index (κ3) is 3.60. The molecule has 0 saturated heterocycles. The van der Waals surface area contributed by atoms with E-state index in [4.69, 9.17) is 11.6 Å². The van der Waals surface area contributed by atoms with Crippen LogP contribution in [-0.2, 0) is 4.79 Å². The summed E-state index contributed by atoms with van der Waals surface area (Å²) >= 11 is 5.74. The van der Waals surface area contributed by atoms with E-state index < -0.39 is 12.1 Å². The van der Waals surface area contributed by atoms with Crippen molar-refractivity contribution in [2.45, 2.75) is 57.2 Å². The third-order valence-electron chi connectivity index (χ3n) is 4.66. The van der Waals surface area contributed by atoms with E-state index in [-0.39, 0.29) is 30.7 Å². The number of alkyl halides is 4. The highest BCUT2D eigenvalue weighted by Gasteiger charge is 2.43. The highest BCUT2D eigenvalue weighted by Crippen LogP contribution is 2.40. The molecule has 0 aromatic heterocycles. The average molecular weight is 312 g/mol. The minimum atomic E-state index is -4.11. The van der Waals surface area contributed by atoms with Gasteiger partial charge in [-0.2, -0.15) is 13.2 Å². The number of rotatable bonds is 4. The predicted molar refractivity (Wildman–Crippen MR) is 71.6 cm³/mol. The monoisotopic (exact) mass is 311 g/mol. The predicted octanol–water partition coefficient (Wildman–Crippen LogP) is 3.98. The van der Waals surface area contributed by atoms with Gasteiger partial charge in [0.05, 0.1) is 5.92 Å². The van der Waals surface area contributed by atoms with E-state index in [0.29, 0.717) is 25.3 Å². The SMILES string of the molecule is O=C(C1CCC(C(F)(F)F)CC1)N(CCCl)C1CCC1. The van der Waals surface area contributed by atoms with Gasteiger partial charge in [0.25, 0.3) is 0 Å². The third-order valence-corrected chi connectivity index (χ3v) is 4.83. The van der Waals surface area contributed by atoms with Crippen LogP contribution in [0.4, 0.5) is 13.2 Å².